The molecule has 2 N–H and O–H groups in total. The predicted octanol–water partition coefficient (Wildman–Crippen LogP) is -0.0149. The van der Waals surface area contributed by atoms with Crippen molar-refractivity contribution in [3.63, 3.8) is 0 Å². The van der Waals surface area contributed by atoms with E-state index in [1.165, 1.54) is 39.1 Å². The standard InChI is InChI=1S/C10H21N3S/c1-14-10-8-12-7-9(10)13-5-2-3-11-4-6-13/h9-12H,2-8H2,1H3. The molecule has 4 heteroatoms. The van der Waals surface area contributed by atoms with Gasteiger partial charge in [0.1, 0.15) is 0 Å². The molecular weight excluding hydrogens is 194 g/mol. The molecule has 2 fully saturated rings. The normalized spacial score (nSPS) is 35.8. The van der Waals surface area contributed by atoms with E-state index < -0.39 is 0 Å². The topological polar surface area (TPSA) is 27.3 Å². The number of nitrogens with one attached hydrogen (secondary N) is 2. The van der Waals surface area contributed by atoms with Crippen molar-refractivity contribution in [2.45, 2.75) is 17.7 Å². The Morgan fingerprint density at radius 2 is 2.07 bits per heavy atom. The molecule has 0 aromatic rings. The molecule has 2 saturated heterocycles. The van der Waals surface area contributed by atoms with E-state index in [0.717, 1.165) is 17.8 Å². The minimum absolute atomic E-state index is 0.768. The van der Waals surface area contributed by atoms with Crippen LogP contribution in [0.25, 0.3) is 0 Å². The molecule has 2 rings (SSSR count). The number of thioether (sulfide) groups is 1. The fraction of sp³-hybridized carbons (Fsp3) is 1.00. The molecule has 2 atom stereocenters. The summed E-state index contributed by atoms with van der Waals surface area (Å²) in [6.45, 7) is 7.24. The van der Waals surface area contributed by atoms with Crippen molar-refractivity contribution in [1.29, 1.82) is 0 Å². The molecule has 2 heterocycles. The van der Waals surface area contributed by atoms with E-state index in [-0.39, 0.29) is 0 Å². The van der Waals surface area contributed by atoms with Crippen LogP contribution in [0.3, 0.4) is 0 Å². The first kappa shape index (κ1) is 10.7. The van der Waals surface area contributed by atoms with E-state index in [2.05, 4.69) is 21.8 Å². The third-order valence-electron chi connectivity index (χ3n) is 3.27. The van der Waals surface area contributed by atoms with E-state index >= 15 is 0 Å². The van der Waals surface area contributed by atoms with Gasteiger partial charge in [-0.1, -0.05) is 0 Å². The molecule has 0 aromatic heterocycles. The van der Waals surface area contributed by atoms with Gasteiger partial charge in [0.05, 0.1) is 0 Å². The van der Waals surface area contributed by atoms with Crippen LogP contribution in [0.1, 0.15) is 6.42 Å². The molecule has 0 aliphatic carbocycles. The summed E-state index contributed by atoms with van der Waals surface area (Å²) in [5, 5.41) is 7.77. The Morgan fingerprint density at radius 3 is 2.93 bits per heavy atom. The molecule has 14 heavy (non-hydrogen) atoms. The quantitative estimate of drug-likeness (QED) is 0.677. The second-order valence-electron chi connectivity index (χ2n) is 4.14. The van der Waals surface area contributed by atoms with E-state index in [9.17, 15) is 0 Å². The third kappa shape index (κ3) is 2.42. The summed E-state index contributed by atoms with van der Waals surface area (Å²) in [6.07, 6.45) is 3.54. The minimum Gasteiger partial charge on any atom is -0.315 e. The maximum Gasteiger partial charge on any atom is 0.0352 e. The molecule has 2 unspecified atom stereocenters. The van der Waals surface area contributed by atoms with Crippen molar-refractivity contribution in [2.75, 3.05) is 45.5 Å². The van der Waals surface area contributed by atoms with Gasteiger partial charge in [0, 0.05) is 37.5 Å². The monoisotopic (exact) mass is 215 g/mol. The van der Waals surface area contributed by atoms with Gasteiger partial charge in [-0.15, -0.1) is 0 Å². The zero-order chi connectivity index (χ0) is 9.80. The van der Waals surface area contributed by atoms with Crippen LogP contribution < -0.4 is 10.6 Å². The highest BCUT2D eigenvalue weighted by molar-refractivity contribution is 7.99. The zero-order valence-electron chi connectivity index (χ0n) is 8.96. The second-order valence-corrected chi connectivity index (χ2v) is 5.22. The van der Waals surface area contributed by atoms with Gasteiger partial charge in [-0.25, -0.2) is 0 Å². The number of hydrogen-bond donors (Lipinski definition) is 2. The highest BCUT2D eigenvalue weighted by Crippen LogP contribution is 2.20. The molecule has 0 radical (unpaired) electrons. The van der Waals surface area contributed by atoms with Gasteiger partial charge in [-0.05, 0) is 25.8 Å². The molecule has 0 aromatic carbocycles. The fourth-order valence-electron chi connectivity index (χ4n) is 2.44. The smallest absolute Gasteiger partial charge is 0.0352 e. The van der Waals surface area contributed by atoms with Gasteiger partial charge >= 0.3 is 0 Å². The summed E-state index contributed by atoms with van der Waals surface area (Å²) in [6, 6.07) is 0.768. The van der Waals surface area contributed by atoms with Crippen molar-refractivity contribution in [1.82, 2.24) is 15.5 Å². The average molecular weight is 215 g/mol. The van der Waals surface area contributed by atoms with Gasteiger partial charge in [-0.2, -0.15) is 11.8 Å². The van der Waals surface area contributed by atoms with E-state index in [0.29, 0.717) is 0 Å². The molecule has 0 bridgehead atoms. The summed E-state index contributed by atoms with van der Waals surface area (Å²) in [4.78, 5) is 2.67. The molecule has 0 spiro atoms. The van der Waals surface area contributed by atoms with Crippen LogP contribution in [-0.4, -0.2) is 61.7 Å². The first-order valence-electron chi connectivity index (χ1n) is 5.60. The van der Waals surface area contributed by atoms with E-state index in [1.807, 2.05) is 11.8 Å². The number of nitrogens with zero attached hydrogens (tertiary/aromatic N) is 1. The lowest BCUT2D eigenvalue weighted by molar-refractivity contribution is 0.226. The first-order chi connectivity index (χ1) is 6.92. The van der Waals surface area contributed by atoms with Crippen LogP contribution in [0.5, 0.6) is 0 Å². The Morgan fingerprint density at radius 1 is 1.14 bits per heavy atom. The van der Waals surface area contributed by atoms with Crippen LogP contribution in [0.15, 0.2) is 0 Å². The van der Waals surface area contributed by atoms with E-state index in [4.69, 9.17) is 0 Å². The Hall–Kier alpha value is 0.230. The summed E-state index contributed by atoms with van der Waals surface area (Å²) in [5.74, 6) is 0. The lowest BCUT2D eigenvalue weighted by Crippen LogP contribution is -2.43. The molecular formula is C10H21N3S. The summed E-state index contributed by atoms with van der Waals surface area (Å²) < 4.78 is 0. The zero-order valence-corrected chi connectivity index (χ0v) is 9.78. The summed E-state index contributed by atoms with van der Waals surface area (Å²) in [5.41, 5.74) is 0. The number of rotatable bonds is 2. The minimum atomic E-state index is 0.768. The Labute approximate surface area is 91.0 Å². The maximum absolute atomic E-state index is 3.51. The lowest BCUT2D eigenvalue weighted by Gasteiger charge is -2.30. The molecule has 2 aliphatic rings. The maximum atomic E-state index is 3.51. The van der Waals surface area contributed by atoms with E-state index in [1.54, 1.807) is 0 Å². The highest BCUT2D eigenvalue weighted by Gasteiger charge is 2.31. The van der Waals surface area contributed by atoms with Crippen LogP contribution in [0.4, 0.5) is 0 Å². The van der Waals surface area contributed by atoms with Crippen molar-refractivity contribution in [2.24, 2.45) is 0 Å². The first-order valence-corrected chi connectivity index (χ1v) is 6.89. The van der Waals surface area contributed by atoms with Crippen molar-refractivity contribution in [3.05, 3.63) is 0 Å². The van der Waals surface area contributed by atoms with Crippen molar-refractivity contribution in [3.8, 4) is 0 Å². The van der Waals surface area contributed by atoms with Gasteiger partial charge in [0.2, 0.25) is 0 Å². The van der Waals surface area contributed by atoms with Gasteiger partial charge in [-0.3, -0.25) is 4.90 Å². The molecule has 82 valence electrons. The molecule has 0 saturated carbocycles. The fourth-order valence-corrected chi connectivity index (χ4v) is 3.31. The number of hydrogen-bond acceptors (Lipinski definition) is 4. The van der Waals surface area contributed by atoms with Crippen LogP contribution in [0.2, 0.25) is 0 Å². The summed E-state index contributed by atoms with van der Waals surface area (Å²) in [7, 11) is 0. The Kier molecular flexibility index (Phi) is 4.10. The molecule has 3 nitrogen and oxygen atoms in total. The average Bonchev–Trinajstić information content (AvgIpc) is 2.52. The third-order valence-corrected chi connectivity index (χ3v) is 4.36. The van der Waals surface area contributed by atoms with Crippen molar-refractivity contribution >= 4 is 11.8 Å². The second kappa shape index (κ2) is 5.35. The van der Waals surface area contributed by atoms with Gasteiger partial charge in [0.15, 0.2) is 0 Å². The van der Waals surface area contributed by atoms with Crippen LogP contribution >= 0.6 is 11.8 Å². The van der Waals surface area contributed by atoms with Gasteiger partial charge in [0.25, 0.3) is 0 Å². The van der Waals surface area contributed by atoms with Crippen LogP contribution in [0, 0.1) is 0 Å². The highest BCUT2D eigenvalue weighted by atomic mass is 32.2. The summed E-state index contributed by atoms with van der Waals surface area (Å²) >= 11 is 2.02. The van der Waals surface area contributed by atoms with Crippen LogP contribution in [-0.2, 0) is 0 Å². The SMILES string of the molecule is CSC1CNCC1N1CCCNCC1. The van der Waals surface area contributed by atoms with Crippen molar-refractivity contribution < 1.29 is 0 Å². The molecule has 0 amide bonds. The predicted molar refractivity (Wildman–Crippen MR) is 63.0 cm³/mol. The van der Waals surface area contributed by atoms with Gasteiger partial charge < -0.3 is 10.6 Å². The largest absolute Gasteiger partial charge is 0.315 e. The Bertz CT molecular complexity index is 169. The lowest BCUT2D eigenvalue weighted by atomic mass is 10.2. The molecule has 2 aliphatic heterocycles. The Balaban J connectivity index is 1.91.